The van der Waals surface area contributed by atoms with Gasteiger partial charge in [0.05, 0.1) is 17.2 Å². The molecule has 9 heteroatoms. The molecular formula is C24H36BClN2O5. The second-order valence-corrected chi connectivity index (χ2v) is 11.7. The number of halogens is 1. The van der Waals surface area contributed by atoms with Crippen LogP contribution >= 0.6 is 11.6 Å². The lowest BCUT2D eigenvalue weighted by atomic mass is 9.74. The third kappa shape index (κ3) is 5.49. The molecule has 1 N–H and O–H groups in total. The highest BCUT2D eigenvalue weighted by Gasteiger charge is 2.53. The molecular weight excluding hydrogens is 443 g/mol. The van der Waals surface area contributed by atoms with Crippen LogP contribution in [0.3, 0.4) is 0 Å². The van der Waals surface area contributed by atoms with Gasteiger partial charge in [-0.2, -0.15) is 0 Å². The summed E-state index contributed by atoms with van der Waals surface area (Å²) < 4.78 is 17.8. The summed E-state index contributed by atoms with van der Waals surface area (Å²) in [5.41, 5.74) is 0.244. The molecule has 0 unspecified atom stereocenters. The Kier molecular flexibility index (Phi) is 6.88. The molecule has 1 aromatic carbocycles. The van der Waals surface area contributed by atoms with Crippen molar-refractivity contribution < 1.29 is 23.6 Å². The van der Waals surface area contributed by atoms with E-state index < -0.39 is 30.0 Å². The average Bonchev–Trinajstić information content (AvgIpc) is 3.08. The molecule has 2 aliphatic rings. The molecule has 2 atom stereocenters. The van der Waals surface area contributed by atoms with Crippen LogP contribution in [0.15, 0.2) is 12.1 Å². The third-order valence-corrected chi connectivity index (χ3v) is 6.87. The van der Waals surface area contributed by atoms with Gasteiger partial charge in [-0.3, -0.25) is 4.79 Å². The summed E-state index contributed by atoms with van der Waals surface area (Å²) in [7, 11) is -0.706. The van der Waals surface area contributed by atoms with Crippen molar-refractivity contribution in [3.05, 3.63) is 28.3 Å². The number of nitrogens with one attached hydrogen (secondary N) is 1. The first-order chi connectivity index (χ1) is 15.0. The fourth-order valence-electron chi connectivity index (χ4n) is 4.15. The maximum absolute atomic E-state index is 13.7. The van der Waals surface area contributed by atoms with Crippen molar-refractivity contribution in [1.29, 1.82) is 0 Å². The molecule has 2 fully saturated rings. The number of hydrogen-bond acceptors (Lipinski definition) is 5. The molecule has 2 saturated heterocycles. The zero-order chi connectivity index (χ0) is 24.9. The number of alkyl carbamates (subject to hydrolysis) is 1. The topological polar surface area (TPSA) is 77.1 Å². The molecule has 0 spiro atoms. The molecule has 2 heterocycles. The van der Waals surface area contributed by atoms with Gasteiger partial charge in [-0.05, 0) is 84.5 Å². The summed E-state index contributed by atoms with van der Waals surface area (Å²) in [4.78, 5) is 27.7. The second kappa shape index (κ2) is 8.79. The highest BCUT2D eigenvalue weighted by molar-refractivity contribution is 6.64. The number of ether oxygens (including phenoxy) is 1. The van der Waals surface area contributed by atoms with Crippen molar-refractivity contribution in [2.45, 2.75) is 85.2 Å². The lowest BCUT2D eigenvalue weighted by Gasteiger charge is -2.32. The Morgan fingerprint density at radius 1 is 1.15 bits per heavy atom. The lowest BCUT2D eigenvalue weighted by Crippen LogP contribution is -2.44. The van der Waals surface area contributed by atoms with Crippen molar-refractivity contribution >= 4 is 36.2 Å². The minimum atomic E-state index is -0.706. The average molecular weight is 479 g/mol. The number of hydrogen-bond donors (Lipinski definition) is 1. The van der Waals surface area contributed by atoms with Crippen LogP contribution in [0.25, 0.3) is 0 Å². The van der Waals surface area contributed by atoms with Gasteiger partial charge in [0.1, 0.15) is 5.60 Å². The maximum Gasteiger partial charge on any atom is 0.495 e. The summed E-state index contributed by atoms with van der Waals surface area (Å²) in [6.45, 7) is 18.1. The van der Waals surface area contributed by atoms with Crippen LogP contribution < -0.4 is 10.8 Å². The quantitative estimate of drug-likeness (QED) is 0.666. The fourth-order valence-corrected chi connectivity index (χ4v) is 4.44. The number of nitrogens with zero attached hydrogens (tertiary/aromatic N) is 1. The van der Waals surface area contributed by atoms with E-state index in [4.69, 9.17) is 25.6 Å². The Labute approximate surface area is 202 Å². The van der Waals surface area contributed by atoms with Gasteiger partial charge < -0.3 is 24.3 Å². The zero-order valence-electron chi connectivity index (χ0n) is 21.2. The third-order valence-electron chi connectivity index (χ3n) is 6.65. The number of rotatable bonds is 3. The van der Waals surface area contributed by atoms with E-state index in [1.54, 1.807) is 17.0 Å². The Hall–Kier alpha value is -1.77. The number of carbonyl (C=O) groups excluding carboxylic acids is 2. The number of benzene rings is 1. The van der Waals surface area contributed by atoms with Gasteiger partial charge >= 0.3 is 13.2 Å². The fraction of sp³-hybridized carbons (Fsp3) is 0.667. The normalized spacial score (nSPS) is 24.2. The number of aryl methyl sites for hydroxylation is 1. The first kappa shape index (κ1) is 25.9. The molecule has 7 nitrogen and oxygen atoms in total. The van der Waals surface area contributed by atoms with Crippen molar-refractivity contribution in [3.63, 3.8) is 0 Å². The highest BCUT2D eigenvalue weighted by atomic mass is 35.5. The van der Waals surface area contributed by atoms with Crippen LogP contribution in [-0.4, -0.2) is 60.0 Å². The van der Waals surface area contributed by atoms with Crippen molar-refractivity contribution in [1.82, 2.24) is 10.2 Å². The van der Waals surface area contributed by atoms with Crippen molar-refractivity contribution in [2.24, 2.45) is 5.92 Å². The van der Waals surface area contributed by atoms with E-state index in [2.05, 4.69) is 5.32 Å². The van der Waals surface area contributed by atoms with Gasteiger partial charge in [-0.15, -0.1) is 0 Å². The van der Waals surface area contributed by atoms with E-state index in [1.165, 1.54) is 0 Å². The van der Waals surface area contributed by atoms with Gasteiger partial charge in [-0.1, -0.05) is 18.5 Å². The van der Waals surface area contributed by atoms with E-state index >= 15 is 0 Å². The number of likely N-dealkylation sites (tertiary alicyclic amines) is 1. The molecule has 0 aliphatic carbocycles. The van der Waals surface area contributed by atoms with Crippen LogP contribution in [-0.2, 0) is 14.0 Å². The van der Waals surface area contributed by atoms with Gasteiger partial charge in [-0.25, -0.2) is 4.79 Å². The summed E-state index contributed by atoms with van der Waals surface area (Å²) >= 11 is 6.37. The SMILES string of the molecule is Cc1cc(Cl)cc(B2OC(C)(C)C(C)(C)O2)c1C(=O)N1C[C@H](C)[C@H](NC(=O)OC(C)(C)C)C1. The monoisotopic (exact) mass is 478 g/mol. The van der Waals surface area contributed by atoms with Gasteiger partial charge in [0.15, 0.2) is 0 Å². The molecule has 0 bridgehead atoms. The molecule has 33 heavy (non-hydrogen) atoms. The number of amides is 2. The maximum atomic E-state index is 13.7. The van der Waals surface area contributed by atoms with Crippen LogP contribution in [0, 0.1) is 12.8 Å². The van der Waals surface area contributed by atoms with Crippen LogP contribution in [0.2, 0.25) is 5.02 Å². The van der Waals surface area contributed by atoms with Crippen LogP contribution in [0.5, 0.6) is 0 Å². The summed E-state index contributed by atoms with van der Waals surface area (Å²) in [6, 6.07) is 3.33. The van der Waals surface area contributed by atoms with Crippen LogP contribution in [0.4, 0.5) is 4.79 Å². The molecule has 1 aromatic rings. The minimum absolute atomic E-state index is 0.0781. The molecule has 0 saturated carbocycles. The minimum Gasteiger partial charge on any atom is -0.444 e. The smallest absolute Gasteiger partial charge is 0.444 e. The van der Waals surface area contributed by atoms with Gasteiger partial charge in [0, 0.05) is 23.7 Å². The lowest BCUT2D eigenvalue weighted by molar-refractivity contribution is 0.00578. The standard InChI is InChI=1S/C24H36BClN2O5/c1-14-10-16(26)11-17(25-32-23(6,7)24(8,9)33-25)19(14)20(29)28-12-15(2)18(13-28)27-21(30)31-22(3,4)5/h10-11,15,18H,12-13H2,1-9H3,(H,27,30)/t15-,18+/m0/s1. The molecule has 2 amide bonds. The predicted molar refractivity (Wildman–Crippen MR) is 130 cm³/mol. The molecule has 0 aromatic heterocycles. The molecule has 182 valence electrons. The van der Waals surface area contributed by atoms with Crippen LogP contribution in [0.1, 0.15) is 71.3 Å². The summed E-state index contributed by atoms with van der Waals surface area (Å²) in [6.07, 6.45) is -0.478. The van der Waals surface area contributed by atoms with E-state index in [1.807, 2.05) is 62.3 Å². The Morgan fingerprint density at radius 2 is 1.73 bits per heavy atom. The second-order valence-electron chi connectivity index (χ2n) is 11.2. The Morgan fingerprint density at radius 3 is 2.27 bits per heavy atom. The first-order valence-corrected chi connectivity index (χ1v) is 11.8. The van der Waals surface area contributed by atoms with Crippen molar-refractivity contribution in [3.8, 4) is 0 Å². The predicted octanol–water partition coefficient (Wildman–Crippen LogP) is 3.93. The zero-order valence-corrected chi connectivity index (χ0v) is 21.9. The molecule has 2 aliphatic heterocycles. The summed E-state index contributed by atoms with van der Waals surface area (Å²) in [5, 5.41) is 3.43. The molecule has 3 rings (SSSR count). The Balaban J connectivity index is 1.84. The van der Waals surface area contributed by atoms with E-state index in [0.29, 0.717) is 29.1 Å². The van der Waals surface area contributed by atoms with E-state index in [-0.39, 0.29) is 17.9 Å². The summed E-state index contributed by atoms with van der Waals surface area (Å²) in [5.74, 6) is -0.0522. The number of carbonyl (C=O) groups is 2. The van der Waals surface area contributed by atoms with E-state index in [9.17, 15) is 9.59 Å². The van der Waals surface area contributed by atoms with Crippen molar-refractivity contribution in [2.75, 3.05) is 13.1 Å². The first-order valence-electron chi connectivity index (χ1n) is 11.5. The van der Waals surface area contributed by atoms with E-state index in [0.717, 1.165) is 5.56 Å². The largest absolute Gasteiger partial charge is 0.495 e. The molecule has 0 radical (unpaired) electrons. The highest BCUT2D eigenvalue weighted by Crippen LogP contribution is 2.37. The Bertz CT molecular complexity index is 928. The van der Waals surface area contributed by atoms with Gasteiger partial charge in [0.25, 0.3) is 5.91 Å². The van der Waals surface area contributed by atoms with Gasteiger partial charge in [0.2, 0.25) is 0 Å².